The van der Waals surface area contributed by atoms with E-state index < -0.39 is 5.97 Å². The van der Waals surface area contributed by atoms with Gasteiger partial charge in [0.05, 0.1) is 23.6 Å². The molecule has 1 N–H and O–H groups in total. The molecular weight excluding hydrogens is 324 g/mol. The molecule has 0 fully saturated rings. The van der Waals surface area contributed by atoms with Crippen molar-refractivity contribution in [1.82, 2.24) is 9.38 Å². The van der Waals surface area contributed by atoms with Gasteiger partial charge in [-0.2, -0.15) is 0 Å². The van der Waals surface area contributed by atoms with Gasteiger partial charge in [-0.25, -0.2) is 4.79 Å². The Balaban J connectivity index is 2.53. The van der Waals surface area contributed by atoms with Crippen LogP contribution < -0.4 is 5.56 Å². The van der Waals surface area contributed by atoms with Crippen LogP contribution in [-0.2, 0) is 4.74 Å². The third kappa shape index (κ3) is 2.08. The van der Waals surface area contributed by atoms with Gasteiger partial charge in [0.1, 0.15) is 10.5 Å². The van der Waals surface area contributed by atoms with Crippen molar-refractivity contribution >= 4 is 51.9 Å². The van der Waals surface area contributed by atoms with Gasteiger partial charge in [0, 0.05) is 6.92 Å². The highest BCUT2D eigenvalue weighted by atomic mass is 32.1. The van der Waals surface area contributed by atoms with Crippen molar-refractivity contribution in [2.45, 2.75) is 6.92 Å². The van der Waals surface area contributed by atoms with Crippen LogP contribution in [0.1, 0.15) is 27.0 Å². The molecule has 0 aliphatic heterocycles. The Hall–Kier alpha value is -2.32. The van der Waals surface area contributed by atoms with Gasteiger partial charge in [0.2, 0.25) is 0 Å². The van der Waals surface area contributed by atoms with Crippen molar-refractivity contribution in [1.29, 1.82) is 0 Å². The van der Waals surface area contributed by atoms with Crippen LogP contribution in [0.15, 0.2) is 23.0 Å². The zero-order valence-corrected chi connectivity index (χ0v) is 13.3. The predicted molar refractivity (Wildman–Crippen MR) is 85.6 cm³/mol. The van der Waals surface area contributed by atoms with Crippen LogP contribution in [0, 0.1) is 3.95 Å². The molecule has 112 valence electrons. The van der Waals surface area contributed by atoms with E-state index in [-0.39, 0.29) is 11.3 Å². The highest BCUT2D eigenvalue weighted by molar-refractivity contribution is 7.73. The summed E-state index contributed by atoms with van der Waals surface area (Å²) in [4.78, 5) is 38.6. The molecule has 22 heavy (non-hydrogen) atoms. The molecular formula is C14H10N2O4S2. The van der Waals surface area contributed by atoms with Crippen molar-refractivity contribution in [3.05, 3.63) is 42.9 Å². The molecule has 2 heterocycles. The van der Waals surface area contributed by atoms with E-state index in [1.807, 2.05) is 0 Å². The number of aromatic nitrogens is 2. The van der Waals surface area contributed by atoms with Crippen molar-refractivity contribution < 1.29 is 14.3 Å². The standard InChI is InChI=1S/C14H10N2O4S2/c1-6(17)10-11-15-12(18)8-4-3-7(13(19)20-2)5-9(8)16(11)14(21)22-10/h3-5H,1-2H3,(H,15,18). The second kappa shape index (κ2) is 5.15. The lowest BCUT2D eigenvalue weighted by Gasteiger charge is -2.05. The summed E-state index contributed by atoms with van der Waals surface area (Å²) in [7, 11) is 1.28. The first-order chi connectivity index (χ1) is 10.4. The molecule has 0 spiro atoms. The second-order valence-corrected chi connectivity index (χ2v) is 6.26. The van der Waals surface area contributed by atoms with Gasteiger partial charge in [0.15, 0.2) is 9.74 Å². The first kappa shape index (κ1) is 14.6. The maximum Gasteiger partial charge on any atom is 0.337 e. The number of methoxy groups -OCH3 is 1. The number of thiazole rings is 1. The van der Waals surface area contributed by atoms with E-state index in [0.29, 0.717) is 30.9 Å². The van der Waals surface area contributed by atoms with Crippen LogP contribution in [0.2, 0.25) is 0 Å². The number of aromatic amines is 1. The number of hydrogen-bond acceptors (Lipinski definition) is 6. The van der Waals surface area contributed by atoms with Gasteiger partial charge < -0.3 is 9.72 Å². The van der Waals surface area contributed by atoms with Crippen LogP contribution in [-0.4, -0.2) is 28.2 Å². The Labute approximate surface area is 133 Å². The minimum absolute atomic E-state index is 0.183. The zero-order chi connectivity index (χ0) is 16.0. The van der Waals surface area contributed by atoms with Gasteiger partial charge in [-0.05, 0) is 30.4 Å². The van der Waals surface area contributed by atoms with Crippen LogP contribution in [0.25, 0.3) is 16.6 Å². The molecule has 0 aliphatic carbocycles. The molecule has 0 radical (unpaired) electrons. The van der Waals surface area contributed by atoms with Crippen molar-refractivity contribution in [3.63, 3.8) is 0 Å². The summed E-state index contributed by atoms with van der Waals surface area (Å²) in [6.45, 7) is 1.41. The number of nitrogens with one attached hydrogen (secondary N) is 1. The van der Waals surface area contributed by atoms with Gasteiger partial charge in [0.25, 0.3) is 5.56 Å². The Morgan fingerprint density at radius 1 is 1.36 bits per heavy atom. The van der Waals surface area contributed by atoms with Crippen LogP contribution >= 0.6 is 23.6 Å². The molecule has 3 rings (SSSR count). The molecule has 8 heteroatoms. The molecule has 0 unspecified atom stereocenters. The van der Waals surface area contributed by atoms with E-state index >= 15 is 0 Å². The SMILES string of the molecule is COC(=O)c1ccc2c(=O)[nH]c3c(C(C)=O)sc(=S)n3c2c1. The largest absolute Gasteiger partial charge is 0.465 e. The molecule has 0 aliphatic rings. The average Bonchev–Trinajstić information content (AvgIpc) is 2.83. The second-order valence-electron chi connectivity index (χ2n) is 4.61. The van der Waals surface area contributed by atoms with E-state index in [0.717, 1.165) is 11.3 Å². The predicted octanol–water partition coefficient (Wildman–Crippen LogP) is 2.56. The molecule has 0 saturated heterocycles. The number of ether oxygens (including phenoxy) is 1. The summed E-state index contributed by atoms with van der Waals surface area (Å²) in [5.74, 6) is -0.693. The van der Waals surface area contributed by atoms with Crippen molar-refractivity contribution in [2.24, 2.45) is 0 Å². The number of rotatable bonds is 2. The Morgan fingerprint density at radius 3 is 2.73 bits per heavy atom. The third-order valence-electron chi connectivity index (χ3n) is 3.27. The maximum atomic E-state index is 12.2. The van der Waals surface area contributed by atoms with Crippen LogP contribution in [0.3, 0.4) is 0 Å². The summed E-state index contributed by atoms with van der Waals surface area (Å²) >= 11 is 6.41. The van der Waals surface area contributed by atoms with Gasteiger partial charge in [-0.1, -0.05) is 11.3 Å². The molecule has 2 aromatic heterocycles. The maximum absolute atomic E-state index is 12.2. The molecule has 6 nitrogen and oxygen atoms in total. The molecule has 0 saturated carbocycles. The lowest BCUT2D eigenvalue weighted by Crippen LogP contribution is -2.12. The minimum Gasteiger partial charge on any atom is -0.465 e. The summed E-state index contributed by atoms with van der Waals surface area (Å²) in [5, 5.41) is 0.379. The number of fused-ring (bicyclic) bond motifs is 3. The number of carbonyl (C=O) groups excluding carboxylic acids is 2. The average molecular weight is 334 g/mol. The van der Waals surface area contributed by atoms with E-state index in [2.05, 4.69) is 9.72 Å². The van der Waals surface area contributed by atoms with Crippen molar-refractivity contribution in [3.8, 4) is 0 Å². The van der Waals surface area contributed by atoms with E-state index in [9.17, 15) is 14.4 Å². The Bertz CT molecular complexity index is 1060. The normalized spacial score (nSPS) is 11.0. The molecule has 1 aromatic carbocycles. The Kier molecular flexibility index (Phi) is 3.42. The first-order valence-electron chi connectivity index (χ1n) is 6.25. The summed E-state index contributed by atoms with van der Waals surface area (Å²) in [6.07, 6.45) is 0. The third-order valence-corrected chi connectivity index (χ3v) is 4.74. The lowest BCUT2D eigenvalue weighted by atomic mass is 10.1. The molecule has 3 aromatic rings. The molecule has 0 amide bonds. The minimum atomic E-state index is -0.510. The van der Waals surface area contributed by atoms with E-state index in [4.69, 9.17) is 12.2 Å². The molecule has 0 bridgehead atoms. The van der Waals surface area contributed by atoms with Gasteiger partial charge in [-0.15, -0.1) is 0 Å². The fourth-order valence-corrected chi connectivity index (χ4v) is 3.55. The van der Waals surface area contributed by atoms with E-state index in [1.54, 1.807) is 4.40 Å². The fraction of sp³-hybridized carbons (Fsp3) is 0.143. The number of benzene rings is 1. The number of H-pyrrole nitrogens is 1. The number of hydrogen-bond donors (Lipinski definition) is 1. The van der Waals surface area contributed by atoms with Crippen molar-refractivity contribution in [2.75, 3.05) is 7.11 Å². The zero-order valence-electron chi connectivity index (χ0n) is 11.6. The lowest BCUT2D eigenvalue weighted by molar-refractivity contribution is 0.0600. The van der Waals surface area contributed by atoms with Gasteiger partial charge >= 0.3 is 5.97 Å². The molecule has 0 atom stereocenters. The number of esters is 1. The number of nitrogens with zero attached hydrogens (tertiary/aromatic N) is 1. The van der Waals surface area contributed by atoms with Gasteiger partial charge in [-0.3, -0.25) is 14.0 Å². The summed E-state index contributed by atoms with van der Waals surface area (Å²) in [6, 6.07) is 4.58. The topological polar surface area (TPSA) is 80.6 Å². The van der Waals surface area contributed by atoms with Crippen LogP contribution in [0.5, 0.6) is 0 Å². The monoisotopic (exact) mass is 334 g/mol. The Morgan fingerprint density at radius 2 is 2.09 bits per heavy atom. The number of ketones is 1. The fourth-order valence-electron chi connectivity index (χ4n) is 2.27. The summed E-state index contributed by atoms with van der Waals surface area (Å²) in [5.41, 5.74) is 0.776. The highest BCUT2D eigenvalue weighted by Gasteiger charge is 2.16. The van der Waals surface area contributed by atoms with E-state index in [1.165, 1.54) is 32.2 Å². The number of Topliss-reactive ketones (excluding diaryl/α,β-unsaturated/α-hetero) is 1. The summed E-state index contributed by atoms with van der Waals surface area (Å²) < 4.78 is 6.71. The first-order valence-corrected chi connectivity index (χ1v) is 7.47. The highest BCUT2D eigenvalue weighted by Crippen LogP contribution is 2.23. The van der Waals surface area contributed by atoms with Crippen LogP contribution in [0.4, 0.5) is 0 Å². The number of carbonyl (C=O) groups is 2. The smallest absolute Gasteiger partial charge is 0.337 e. The quantitative estimate of drug-likeness (QED) is 0.442.